The van der Waals surface area contributed by atoms with Crippen LogP contribution < -0.4 is 5.32 Å². The highest BCUT2D eigenvalue weighted by molar-refractivity contribution is 5.83. The smallest absolute Gasteiger partial charge is 0.242 e. The van der Waals surface area contributed by atoms with Gasteiger partial charge in [0, 0.05) is 6.04 Å². The molecule has 1 aromatic rings. The molecular formula is C16H24N2O. The van der Waals surface area contributed by atoms with Crippen molar-refractivity contribution in [2.45, 2.75) is 44.2 Å². The monoisotopic (exact) mass is 260 g/mol. The molecule has 104 valence electrons. The van der Waals surface area contributed by atoms with Crippen LogP contribution >= 0.6 is 0 Å². The molecule has 1 aromatic carbocycles. The number of nitrogens with zero attached hydrogens (tertiary/aromatic N) is 1. The molecule has 0 aromatic heterocycles. The number of hydrogen-bond donors (Lipinski definition) is 1. The summed E-state index contributed by atoms with van der Waals surface area (Å²) in [6, 6.07) is 10.2. The van der Waals surface area contributed by atoms with E-state index in [0.717, 1.165) is 18.4 Å². The van der Waals surface area contributed by atoms with Crippen LogP contribution in [0.5, 0.6) is 0 Å². The molecular weight excluding hydrogens is 236 g/mol. The van der Waals surface area contributed by atoms with Crippen LogP contribution in [0.15, 0.2) is 30.3 Å². The average Bonchev–Trinajstić information content (AvgIpc) is 2.40. The first kappa shape index (κ1) is 14.1. The lowest BCUT2D eigenvalue weighted by molar-refractivity contribution is -0.126. The Balaban J connectivity index is 2.04. The van der Waals surface area contributed by atoms with E-state index in [-0.39, 0.29) is 11.9 Å². The molecule has 19 heavy (non-hydrogen) atoms. The fourth-order valence-corrected chi connectivity index (χ4v) is 2.85. The molecule has 0 heterocycles. The zero-order valence-corrected chi connectivity index (χ0v) is 11.9. The molecule has 1 aliphatic rings. The molecule has 0 saturated heterocycles. The Morgan fingerprint density at radius 3 is 2.37 bits per heavy atom. The molecule has 0 bridgehead atoms. The van der Waals surface area contributed by atoms with E-state index in [0.29, 0.717) is 6.04 Å². The van der Waals surface area contributed by atoms with Gasteiger partial charge < -0.3 is 5.32 Å². The van der Waals surface area contributed by atoms with Crippen molar-refractivity contribution >= 4 is 5.91 Å². The second-order valence-corrected chi connectivity index (χ2v) is 5.62. The molecule has 1 fully saturated rings. The van der Waals surface area contributed by atoms with Crippen molar-refractivity contribution in [1.82, 2.24) is 10.2 Å². The molecule has 1 unspecified atom stereocenters. The van der Waals surface area contributed by atoms with Gasteiger partial charge in [-0.1, -0.05) is 49.6 Å². The Morgan fingerprint density at radius 2 is 1.79 bits per heavy atom. The van der Waals surface area contributed by atoms with Crippen LogP contribution in [0.2, 0.25) is 0 Å². The fourth-order valence-electron chi connectivity index (χ4n) is 2.85. The first-order valence-electron chi connectivity index (χ1n) is 7.20. The highest BCUT2D eigenvalue weighted by Crippen LogP contribution is 2.21. The van der Waals surface area contributed by atoms with Crippen LogP contribution in [0, 0.1) is 0 Å². The summed E-state index contributed by atoms with van der Waals surface area (Å²) >= 11 is 0. The highest BCUT2D eigenvalue weighted by atomic mass is 16.2. The van der Waals surface area contributed by atoms with Crippen molar-refractivity contribution in [1.29, 1.82) is 0 Å². The highest BCUT2D eigenvalue weighted by Gasteiger charge is 2.25. The van der Waals surface area contributed by atoms with Crippen molar-refractivity contribution in [3.05, 3.63) is 35.9 Å². The second kappa shape index (κ2) is 6.71. The quantitative estimate of drug-likeness (QED) is 0.903. The Kier molecular flexibility index (Phi) is 4.97. The van der Waals surface area contributed by atoms with E-state index in [2.05, 4.69) is 5.32 Å². The zero-order chi connectivity index (χ0) is 13.7. The third kappa shape index (κ3) is 3.80. The maximum atomic E-state index is 12.5. The molecule has 2 rings (SSSR count). The fraction of sp³-hybridized carbons (Fsp3) is 0.562. The van der Waals surface area contributed by atoms with Crippen molar-refractivity contribution in [2.24, 2.45) is 0 Å². The summed E-state index contributed by atoms with van der Waals surface area (Å²) in [5, 5.41) is 3.22. The summed E-state index contributed by atoms with van der Waals surface area (Å²) in [5.41, 5.74) is 1.06. The van der Waals surface area contributed by atoms with Gasteiger partial charge in [-0.15, -0.1) is 0 Å². The van der Waals surface area contributed by atoms with Gasteiger partial charge in [0.25, 0.3) is 0 Å². The van der Waals surface area contributed by atoms with Gasteiger partial charge in [0.05, 0.1) is 0 Å². The number of amides is 1. The maximum Gasteiger partial charge on any atom is 0.242 e. The minimum Gasteiger partial charge on any atom is -0.352 e. The van der Waals surface area contributed by atoms with E-state index < -0.39 is 0 Å². The number of carbonyl (C=O) groups is 1. The van der Waals surface area contributed by atoms with Crippen molar-refractivity contribution in [3.8, 4) is 0 Å². The average molecular weight is 260 g/mol. The van der Waals surface area contributed by atoms with E-state index in [1.54, 1.807) is 0 Å². The topological polar surface area (TPSA) is 32.3 Å². The summed E-state index contributed by atoms with van der Waals surface area (Å²) in [6.45, 7) is 0. The van der Waals surface area contributed by atoms with Gasteiger partial charge in [-0.2, -0.15) is 0 Å². The SMILES string of the molecule is CN(C)C(C(=O)NC1CCCCC1)c1ccccc1. The van der Waals surface area contributed by atoms with Gasteiger partial charge in [-0.25, -0.2) is 0 Å². The molecule has 0 spiro atoms. The number of rotatable bonds is 4. The maximum absolute atomic E-state index is 12.5. The molecule has 0 radical (unpaired) electrons. The Hall–Kier alpha value is -1.35. The third-order valence-electron chi connectivity index (χ3n) is 3.83. The van der Waals surface area contributed by atoms with Crippen molar-refractivity contribution < 1.29 is 4.79 Å². The van der Waals surface area contributed by atoms with Crippen molar-refractivity contribution in [2.75, 3.05) is 14.1 Å². The first-order chi connectivity index (χ1) is 9.18. The minimum atomic E-state index is -0.192. The van der Waals surface area contributed by atoms with Gasteiger partial charge in [0.1, 0.15) is 6.04 Å². The zero-order valence-electron chi connectivity index (χ0n) is 11.9. The number of hydrogen-bond acceptors (Lipinski definition) is 2. The molecule has 1 aliphatic carbocycles. The van der Waals surface area contributed by atoms with Crippen LogP contribution in [0.1, 0.15) is 43.7 Å². The summed E-state index contributed by atoms with van der Waals surface area (Å²) in [4.78, 5) is 14.5. The molecule has 1 atom stereocenters. The van der Waals surface area contributed by atoms with E-state index in [1.165, 1.54) is 19.3 Å². The van der Waals surface area contributed by atoms with E-state index in [4.69, 9.17) is 0 Å². The van der Waals surface area contributed by atoms with E-state index in [9.17, 15) is 4.79 Å². The summed E-state index contributed by atoms with van der Waals surface area (Å²) in [5.74, 6) is 0.128. The summed E-state index contributed by atoms with van der Waals surface area (Å²) < 4.78 is 0. The normalized spacial score (nSPS) is 18.3. The number of carbonyl (C=O) groups excluding carboxylic acids is 1. The van der Waals surface area contributed by atoms with Gasteiger partial charge in [0.2, 0.25) is 5.91 Å². The standard InChI is InChI=1S/C16H24N2O/c1-18(2)15(13-9-5-3-6-10-13)16(19)17-14-11-7-4-8-12-14/h3,5-6,9-10,14-15H,4,7-8,11-12H2,1-2H3,(H,17,19). The second-order valence-electron chi connectivity index (χ2n) is 5.62. The van der Waals surface area contributed by atoms with Crippen molar-refractivity contribution in [3.63, 3.8) is 0 Å². The Bertz CT molecular complexity index is 396. The first-order valence-corrected chi connectivity index (χ1v) is 7.20. The predicted octanol–water partition coefficient (Wildman–Crippen LogP) is 2.74. The van der Waals surface area contributed by atoms with Gasteiger partial charge >= 0.3 is 0 Å². The predicted molar refractivity (Wildman–Crippen MR) is 77.9 cm³/mol. The molecule has 3 heteroatoms. The van der Waals surface area contributed by atoms with Crippen LogP contribution in [-0.4, -0.2) is 30.9 Å². The lowest BCUT2D eigenvalue weighted by Crippen LogP contribution is -2.43. The Morgan fingerprint density at radius 1 is 1.16 bits per heavy atom. The van der Waals surface area contributed by atoms with E-state index >= 15 is 0 Å². The number of nitrogens with one attached hydrogen (secondary N) is 1. The van der Waals surface area contributed by atoms with Crippen LogP contribution in [0.25, 0.3) is 0 Å². The molecule has 0 aliphatic heterocycles. The minimum absolute atomic E-state index is 0.128. The van der Waals surface area contributed by atoms with Crippen LogP contribution in [-0.2, 0) is 4.79 Å². The van der Waals surface area contributed by atoms with Crippen LogP contribution in [0.4, 0.5) is 0 Å². The molecule has 1 saturated carbocycles. The Labute approximate surface area is 116 Å². The summed E-state index contributed by atoms with van der Waals surface area (Å²) in [7, 11) is 3.91. The molecule has 1 amide bonds. The summed E-state index contributed by atoms with van der Waals surface area (Å²) in [6.07, 6.45) is 6.04. The van der Waals surface area contributed by atoms with Gasteiger partial charge in [-0.3, -0.25) is 9.69 Å². The number of benzene rings is 1. The van der Waals surface area contributed by atoms with Gasteiger partial charge in [0.15, 0.2) is 0 Å². The lowest BCUT2D eigenvalue weighted by Gasteiger charge is -2.28. The lowest BCUT2D eigenvalue weighted by atomic mass is 9.95. The van der Waals surface area contributed by atoms with Gasteiger partial charge in [-0.05, 0) is 32.5 Å². The molecule has 3 nitrogen and oxygen atoms in total. The molecule has 1 N–H and O–H groups in total. The van der Waals surface area contributed by atoms with Crippen LogP contribution in [0.3, 0.4) is 0 Å². The largest absolute Gasteiger partial charge is 0.352 e. The third-order valence-corrected chi connectivity index (χ3v) is 3.83. The number of likely N-dealkylation sites (N-methyl/N-ethyl adjacent to an activating group) is 1. The van der Waals surface area contributed by atoms with E-state index in [1.807, 2.05) is 49.3 Å².